The van der Waals surface area contributed by atoms with Gasteiger partial charge in [0.2, 0.25) is 0 Å². The number of carboxylic acid groups (broad SMARTS) is 1. The zero-order valence-electron chi connectivity index (χ0n) is 13.3. The average molecular weight is 345 g/mol. The highest BCUT2D eigenvalue weighted by Gasteiger charge is 2.30. The van der Waals surface area contributed by atoms with Gasteiger partial charge in [-0.15, -0.1) is 11.3 Å². The van der Waals surface area contributed by atoms with Gasteiger partial charge in [0.25, 0.3) is 12.4 Å². The van der Waals surface area contributed by atoms with Gasteiger partial charge in [-0.05, 0) is 20.5 Å². The number of carbonyl (C=O) groups is 2. The van der Waals surface area contributed by atoms with E-state index in [0.717, 1.165) is 5.01 Å². The van der Waals surface area contributed by atoms with Gasteiger partial charge in [-0.3, -0.25) is 9.59 Å². The Balaban J connectivity index is 0.000000816. The molecule has 23 heavy (non-hydrogen) atoms. The van der Waals surface area contributed by atoms with Gasteiger partial charge in [0.15, 0.2) is 0 Å². The van der Waals surface area contributed by atoms with Crippen LogP contribution in [0, 0.1) is 5.92 Å². The Bertz CT molecular complexity index is 508. The second-order valence-corrected chi connectivity index (χ2v) is 6.46. The van der Waals surface area contributed by atoms with E-state index in [0.29, 0.717) is 25.2 Å². The van der Waals surface area contributed by atoms with Crippen molar-refractivity contribution in [2.24, 2.45) is 5.92 Å². The molecule has 1 aliphatic heterocycles. The summed E-state index contributed by atoms with van der Waals surface area (Å²) in [5, 5.41) is 28.6. The summed E-state index contributed by atoms with van der Waals surface area (Å²) in [4.78, 5) is 28.6. The number of amides is 1. The largest absolute Gasteiger partial charge is 0.483 e. The van der Waals surface area contributed by atoms with Gasteiger partial charge < -0.3 is 25.1 Å². The zero-order valence-corrected chi connectivity index (χ0v) is 14.1. The lowest BCUT2D eigenvalue weighted by Gasteiger charge is -2.34. The predicted octanol–water partition coefficient (Wildman–Crippen LogP) is -0.279. The van der Waals surface area contributed by atoms with Crippen molar-refractivity contribution in [2.75, 3.05) is 33.8 Å². The van der Waals surface area contributed by atoms with Crippen LogP contribution in [-0.4, -0.2) is 82.4 Å². The molecule has 8 nitrogen and oxygen atoms in total. The van der Waals surface area contributed by atoms with Crippen LogP contribution < -0.4 is 0 Å². The highest BCUT2D eigenvalue weighted by molar-refractivity contribution is 7.09. The predicted molar refractivity (Wildman–Crippen MR) is 85.3 cm³/mol. The molecular weight excluding hydrogens is 322 g/mol. The Morgan fingerprint density at radius 2 is 2.22 bits per heavy atom. The summed E-state index contributed by atoms with van der Waals surface area (Å²) in [7, 11) is 3.91. The van der Waals surface area contributed by atoms with Crippen LogP contribution >= 0.6 is 11.3 Å². The topological polar surface area (TPSA) is 114 Å². The van der Waals surface area contributed by atoms with E-state index in [2.05, 4.69) is 4.98 Å². The van der Waals surface area contributed by atoms with E-state index >= 15 is 0 Å². The molecule has 0 radical (unpaired) electrons. The van der Waals surface area contributed by atoms with Crippen molar-refractivity contribution >= 4 is 23.7 Å². The lowest BCUT2D eigenvalue weighted by atomic mass is 9.94. The molecule has 2 heterocycles. The number of β-amino-alcohol motifs (C(OH)–C–C–N with tert-alkyl or cyclic N) is 1. The number of rotatable bonds is 4. The fraction of sp³-hybridized carbons (Fsp3) is 0.643. The third-order valence-corrected chi connectivity index (χ3v) is 4.30. The van der Waals surface area contributed by atoms with E-state index in [9.17, 15) is 9.90 Å². The quantitative estimate of drug-likeness (QED) is 0.643. The summed E-state index contributed by atoms with van der Waals surface area (Å²) in [6, 6.07) is 0. The third-order valence-electron chi connectivity index (χ3n) is 3.47. The van der Waals surface area contributed by atoms with Crippen molar-refractivity contribution in [1.29, 1.82) is 0 Å². The van der Waals surface area contributed by atoms with Crippen molar-refractivity contribution < 1.29 is 24.9 Å². The first-order chi connectivity index (χ1) is 10.9. The summed E-state index contributed by atoms with van der Waals surface area (Å²) < 4.78 is 0. The molecule has 3 N–H and O–H groups in total. The molecule has 0 unspecified atom stereocenters. The molecule has 1 aromatic rings. The van der Waals surface area contributed by atoms with Gasteiger partial charge in [-0.1, -0.05) is 0 Å². The molecule has 0 aliphatic carbocycles. The maximum atomic E-state index is 12.3. The molecule has 2 rings (SSSR count). The number of aliphatic hydroxyl groups excluding tert-OH is 2. The van der Waals surface area contributed by atoms with E-state index in [1.165, 1.54) is 11.3 Å². The van der Waals surface area contributed by atoms with Crippen LogP contribution in [0.15, 0.2) is 5.38 Å². The molecule has 1 aromatic heterocycles. The molecule has 0 saturated carbocycles. The van der Waals surface area contributed by atoms with Crippen LogP contribution in [-0.2, 0) is 11.3 Å². The second-order valence-electron chi connectivity index (χ2n) is 5.52. The number of aromatic nitrogens is 1. The van der Waals surface area contributed by atoms with E-state index in [-0.39, 0.29) is 31.4 Å². The number of piperidine rings is 1. The van der Waals surface area contributed by atoms with E-state index in [1.54, 1.807) is 10.3 Å². The van der Waals surface area contributed by atoms with Crippen LogP contribution in [0.5, 0.6) is 0 Å². The molecular formula is C14H23N3O5S. The highest BCUT2D eigenvalue weighted by Crippen LogP contribution is 2.20. The number of aliphatic hydroxyl groups is 2. The normalized spacial score (nSPS) is 20.8. The number of hydrogen-bond donors (Lipinski definition) is 3. The molecule has 9 heteroatoms. The summed E-state index contributed by atoms with van der Waals surface area (Å²) in [5.74, 6) is -0.263. The summed E-state index contributed by atoms with van der Waals surface area (Å²) in [5.41, 5.74) is 0.446. The van der Waals surface area contributed by atoms with Gasteiger partial charge in [0.1, 0.15) is 10.7 Å². The molecule has 2 atom stereocenters. The summed E-state index contributed by atoms with van der Waals surface area (Å²) in [6.45, 7) is 1.26. The number of carbonyl (C=O) groups excluding carboxylic acids is 1. The highest BCUT2D eigenvalue weighted by atomic mass is 32.1. The van der Waals surface area contributed by atoms with Crippen molar-refractivity contribution in [3.63, 3.8) is 0 Å². The van der Waals surface area contributed by atoms with Crippen LogP contribution in [0.3, 0.4) is 0 Å². The minimum atomic E-state index is -0.655. The van der Waals surface area contributed by atoms with Crippen LogP contribution in [0.25, 0.3) is 0 Å². The maximum absolute atomic E-state index is 12.3. The monoisotopic (exact) mass is 345 g/mol. The number of thiazole rings is 1. The van der Waals surface area contributed by atoms with Gasteiger partial charge >= 0.3 is 0 Å². The third kappa shape index (κ3) is 5.87. The number of likely N-dealkylation sites (tertiary alicyclic amines) is 1. The van der Waals surface area contributed by atoms with Crippen molar-refractivity contribution in [3.05, 3.63) is 16.1 Å². The van der Waals surface area contributed by atoms with Gasteiger partial charge in [0, 0.05) is 37.5 Å². The molecule has 130 valence electrons. The Hall–Kier alpha value is -1.55. The summed E-state index contributed by atoms with van der Waals surface area (Å²) >= 11 is 1.47. The Labute approximate surface area is 139 Å². The van der Waals surface area contributed by atoms with Gasteiger partial charge in [0.05, 0.1) is 6.10 Å². The van der Waals surface area contributed by atoms with Crippen LogP contribution in [0.2, 0.25) is 0 Å². The maximum Gasteiger partial charge on any atom is 0.290 e. The van der Waals surface area contributed by atoms with Gasteiger partial charge in [-0.25, -0.2) is 4.98 Å². The van der Waals surface area contributed by atoms with Crippen LogP contribution in [0.4, 0.5) is 0 Å². The molecule has 1 fully saturated rings. The SMILES string of the molecule is CN(C)Cc1nc(C(=O)N2CC[C@H](CO)[C@H](O)C2)cs1.O=CO. The second kappa shape index (κ2) is 9.56. The van der Waals surface area contributed by atoms with Gasteiger partial charge in [-0.2, -0.15) is 0 Å². The molecule has 0 aromatic carbocycles. The Kier molecular flexibility index (Phi) is 8.10. The number of nitrogens with zero attached hydrogens (tertiary/aromatic N) is 3. The molecule has 1 saturated heterocycles. The fourth-order valence-corrected chi connectivity index (χ4v) is 3.18. The smallest absolute Gasteiger partial charge is 0.290 e. The lowest BCUT2D eigenvalue weighted by Crippen LogP contribution is -2.47. The molecule has 1 aliphatic rings. The van der Waals surface area contributed by atoms with Crippen molar-refractivity contribution in [2.45, 2.75) is 19.1 Å². The summed E-state index contributed by atoms with van der Waals surface area (Å²) in [6.07, 6.45) is -0.0319. The van der Waals surface area contributed by atoms with Crippen molar-refractivity contribution in [1.82, 2.24) is 14.8 Å². The first-order valence-electron chi connectivity index (χ1n) is 7.18. The molecule has 0 bridgehead atoms. The average Bonchev–Trinajstić information content (AvgIpc) is 2.95. The first-order valence-corrected chi connectivity index (χ1v) is 8.06. The zero-order chi connectivity index (χ0) is 17.4. The minimum absolute atomic E-state index is 0.0348. The lowest BCUT2D eigenvalue weighted by molar-refractivity contribution is -0.122. The molecule has 1 amide bonds. The van der Waals surface area contributed by atoms with Crippen molar-refractivity contribution in [3.8, 4) is 0 Å². The van der Waals surface area contributed by atoms with E-state index < -0.39 is 6.10 Å². The van der Waals surface area contributed by atoms with E-state index in [1.807, 2.05) is 19.0 Å². The molecule has 0 spiro atoms. The van der Waals surface area contributed by atoms with Crippen LogP contribution in [0.1, 0.15) is 21.9 Å². The van der Waals surface area contributed by atoms with E-state index in [4.69, 9.17) is 15.0 Å². The number of hydrogen-bond acceptors (Lipinski definition) is 7. The standard InChI is InChI=1S/C13H21N3O3S.CH2O2/c1-15(2)6-12-14-10(8-20-12)13(19)16-4-3-9(7-17)11(18)5-16;2-1-3/h8-9,11,17-18H,3-7H2,1-2H3;1H,(H,2,3)/t9-,11-;/m1./s1. The minimum Gasteiger partial charge on any atom is -0.483 e. The Morgan fingerprint density at radius 1 is 1.57 bits per heavy atom. The Morgan fingerprint density at radius 3 is 2.74 bits per heavy atom. The fourth-order valence-electron chi connectivity index (χ4n) is 2.29. The first kappa shape index (κ1) is 19.5.